The molecule has 0 unspecified atom stereocenters. The summed E-state index contributed by atoms with van der Waals surface area (Å²) in [4.78, 5) is 94.8. The average Bonchev–Trinajstić information content (AvgIpc) is 2.84. The van der Waals surface area contributed by atoms with Crippen molar-refractivity contribution in [3.63, 3.8) is 0 Å². The van der Waals surface area contributed by atoms with Crippen LogP contribution in [0.4, 0.5) is 0 Å². The van der Waals surface area contributed by atoms with Crippen molar-refractivity contribution in [1.82, 2.24) is 21.3 Å². The molecule has 0 heterocycles. The Kier molecular flexibility index (Phi) is 16.0. The van der Waals surface area contributed by atoms with Gasteiger partial charge in [-0.15, -0.1) is 0 Å². The Morgan fingerprint density at radius 3 is 1.59 bits per heavy atom. The van der Waals surface area contributed by atoms with Crippen molar-refractivity contribution in [2.75, 3.05) is 5.75 Å². The van der Waals surface area contributed by atoms with Crippen LogP contribution in [0.3, 0.4) is 0 Å². The molecule has 9 N–H and O–H groups in total. The van der Waals surface area contributed by atoms with Crippen molar-refractivity contribution in [1.29, 1.82) is 0 Å². The topological polar surface area (TPSA) is 271 Å². The minimum Gasteiger partial charge on any atom is -0.481 e. The molecule has 4 amide bonds. The van der Waals surface area contributed by atoms with Gasteiger partial charge in [-0.2, -0.15) is 12.6 Å². The smallest absolute Gasteiger partial charge is 0.305 e. The van der Waals surface area contributed by atoms with Gasteiger partial charge in [0.05, 0.1) is 18.5 Å². The Morgan fingerprint density at radius 2 is 1.21 bits per heavy atom. The zero-order valence-electron chi connectivity index (χ0n) is 21.4. The zero-order chi connectivity index (χ0) is 30.3. The van der Waals surface area contributed by atoms with E-state index in [9.17, 15) is 38.4 Å². The Labute approximate surface area is 229 Å². The van der Waals surface area contributed by atoms with Crippen molar-refractivity contribution in [2.45, 2.75) is 76.2 Å². The van der Waals surface area contributed by atoms with Crippen molar-refractivity contribution < 1.29 is 53.7 Å². The fourth-order valence-electron chi connectivity index (χ4n) is 3.09. The van der Waals surface area contributed by atoms with Gasteiger partial charge in [0.15, 0.2) is 0 Å². The first-order valence-corrected chi connectivity index (χ1v) is 12.4. The lowest BCUT2D eigenvalue weighted by Gasteiger charge is -2.27. The van der Waals surface area contributed by atoms with Gasteiger partial charge in [0.25, 0.3) is 0 Å². The number of carbonyl (C=O) groups excluding carboxylic acids is 5. The summed E-state index contributed by atoms with van der Waals surface area (Å²) >= 11 is 3.89. The second-order valence-corrected chi connectivity index (χ2v) is 9.22. The molecule has 0 aliphatic heterocycles. The second-order valence-electron chi connectivity index (χ2n) is 8.86. The zero-order valence-corrected chi connectivity index (χ0v) is 22.3. The monoisotopic (exact) mass is 577 g/mol. The van der Waals surface area contributed by atoms with E-state index >= 15 is 0 Å². The lowest BCUT2D eigenvalue weighted by Crippen LogP contribution is -2.59. The van der Waals surface area contributed by atoms with Crippen LogP contribution >= 0.6 is 12.6 Å². The number of thiol groups is 1. The molecular formula is C22H35N5O11S. The fraction of sp³-hybridized carbons (Fsp3) is 0.636. The molecule has 5 atom stereocenters. The van der Waals surface area contributed by atoms with Crippen LogP contribution in [0.5, 0.6) is 0 Å². The Morgan fingerprint density at radius 1 is 0.744 bits per heavy atom. The van der Waals surface area contributed by atoms with Gasteiger partial charge in [-0.25, -0.2) is 0 Å². The van der Waals surface area contributed by atoms with Gasteiger partial charge in [-0.3, -0.25) is 33.6 Å². The molecule has 0 aliphatic rings. The molecule has 0 aromatic rings. The number of aliphatic carboxylic acids is 3. The number of amides is 4. The van der Waals surface area contributed by atoms with E-state index in [1.165, 1.54) is 13.8 Å². The average molecular weight is 578 g/mol. The summed E-state index contributed by atoms with van der Waals surface area (Å²) in [5.74, 6) is -8.26. The van der Waals surface area contributed by atoms with Gasteiger partial charge in [0.2, 0.25) is 23.6 Å². The van der Waals surface area contributed by atoms with E-state index in [-0.39, 0.29) is 18.5 Å². The van der Waals surface area contributed by atoms with Crippen LogP contribution in [0.1, 0.15) is 46.0 Å². The lowest BCUT2D eigenvalue weighted by molar-refractivity contribution is -0.139. The summed E-state index contributed by atoms with van der Waals surface area (Å²) in [6.07, 6.45) is -2.42. The predicted molar refractivity (Wildman–Crippen MR) is 136 cm³/mol. The Hall–Kier alpha value is -3.73. The highest BCUT2D eigenvalue weighted by atomic mass is 32.1. The number of nitrogens with one attached hydrogen (secondary N) is 4. The normalized spacial score (nSPS) is 14.6. The maximum atomic E-state index is 13.0. The first kappa shape index (κ1) is 35.3. The molecule has 0 rings (SSSR count). The molecule has 0 saturated heterocycles. The van der Waals surface area contributed by atoms with Crippen molar-refractivity contribution in [3.8, 4) is 0 Å². The van der Waals surface area contributed by atoms with Crippen molar-refractivity contribution in [3.05, 3.63) is 0 Å². The van der Waals surface area contributed by atoms with Crippen LogP contribution < -0.4 is 27.0 Å². The third kappa shape index (κ3) is 14.1. The van der Waals surface area contributed by atoms with Gasteiger partial charge in [0.1, 0.15) is 24.4 Å². The first-order chi connectivity index (χ1) is 18.1. The molecule has 0 bridgehead atoms. The SMILES string of the molecule is CC(C)[C@H](NC(=O)[C@H](CCC(=O)O)NC(=O)[C@@H](N)CS)C(=O)N[C@@H](CCC(=O)O)C(=O)N[C@H](C=O)CC(=O)O. The Bertz CT molecular complexity index is 930. The van der Waals surface area contributed by atoms with Gasteiger partial charge in [-0.05, 0) is 18.8 Å². The highest BCUT2D eigenvalue weighted by Crippen LogP contribution is 2.08. The number of nitrogens with two attached hydrogens (primary N) is 1. The molecule has 0 radical (unpaired) electrons. The van der Waals surface area contributed by atoms with Crippen LogP contribution in [-0.4, -0.2) is 99.1 Å². The Balaban J connectivity index is 5.77. The van der Waals surface area contributed by atoms with Crippen LogP contribution in [0.2, 0.25) is 0 Å². The minimum absolute atomic E-state index is 0.0622. The van der Waals surface area contributed by atoms with Gasteiger partial charge in [-0.1, -0.05) is 13.8 Å². The first-order valence-electron chi connectivity index (χ1n) is 11.8. The summed E-state index contributed by atoms with van der Waals surface area (Å²) in [7, 11) is 0. The molecule has 17 heteroatoms. The largest absolute Gasteiger partial charge is 0.481 e. The number of carbonyl (C=O) groups is 8. The summed E-state index contributed by atoms with van der Waals surface area (Å²) in [5, 5.41) is 35.9. The van der Waals surface area contributed by atoms with Gasteiger partial charge >= 0.3 is 17.9 Å². The highest BCUT2D eigenvalue weighted by Gasteiger charge is 2.33. The lowest BCUT2D eigenvalue weighted by atomic mass is 10.0. The minimum atomic E-state index is -1.51. The van der Waals surface area contributed by atoms with E-state index in [1.54, 1.807) is 0 Å². The quantitative estimate of drug-likeness (QED) is 0.0558. The van der Waals surface area contributed by atoms with E-state index in [2.05, 4.69) is 33.9 Å². The maximum absolute atomic E-state index is 13.0. The van der Waals surface area contributed by atoms with Gasteiger partial charge < -0.3 is 47.1 Å². The van der Waals surface area contributed by atoms with Crippen LogP contribution in [0.25, 0.3) is 0 Å². The number of hydrogen-bond acceptors (Lipinski definition) is 10. The van der Waals surface area contributed by atoms with E-state index < -0.39 is 103 Å². The molecular weight excluding hydrogens is 542 g/mol. The van der Waals surface area contributed by atoms with E-state index in [0.29, 0.717) is 0 Å². The molecule has 39 heavy (non-hydrogen) atoms. The maximum Gasteiger partial charge on any atom is 0.305 e. The number of carboxylic acids is 3. The summed E-state index contributed by atoms with van der Waals surface area (Å²) in [6.45, 7) is 3.07. The summed E-state index contributed by atoms with van der Waals surface area (Å²) in [6, 6.07) is -6.77. The summed E-state index contributed by atoms with van der Waals surface area (Å²) in [5.41, 5.74) is 5.59. The molecule has 220 valence electrons. The molecule has 0 aromatic heterocycles. The number of carboxylic acid groups (broad SMARTS) is 3. The van der Waals surface area contributed by atoms with E-state index in [4.69, 9.17) is 21.1 Å². The van der Waals surface area contributed by atoms with Crippen molar-refractivity contribution >= 4 is 60.5 Å². The van der Waals surface area contributed by atoms with Crippen LogP contribution in [0.15, 0.2) is 0 Å². The number of aldehydes is 1. The summed E-state index contributed by atoms with van der Waals surface area (Å²) < 4.78 is 0. The second kappa shape index (κ2) is 17.7. The van der Waals surface area contributed by atoms with Crippen LogP contribution in [-0.2, 0) is 38.4 Å². The van der Waals surface area contributed by atoms with Crippen LogP contribution in [0, 0.1) is 5.92 Å². The molecule has 16 nitrogen and oxygen atoms in total. The molecule has 0 aromatic carbocycles. The van der Waals surface area contributed by atoms with Gasteiger partial charge in [0, 0.05) is 18.6 Å². The standard InChI is InChI=1S/C22H35N5O11S/c1-10(2)18(27-21(37)14(4-6-16(31)32)25-19(35)12(23)9-39)22(38)26-13(3-5-15(29)30)20(36)24-11(8-28)7-17(33)34/h8,10-14,18,39H,3-7,9,23H2,1-2H3,(H,24,36)(H,25,35)(H,26,38)(H,27,37)(H,29,30)(H,31,32)(H,33,34)/t11-,12-,13-,14-,18-/m0/s1. The molecule has 0 aliphatic carbocycles. The van der Waals surface area contributed by atoms with E-state index in [1.807, 2.05) is 0 Å². The highest BCUT2D eigenvalue weighted by molar-refractivity contribution is 7.80. The molecule has 0 saturated carbocycles. The third-order valence-corrected chi connectivity index (χ3v) is 5.62. The number of rotatable bonds is 19. The van der Waals surface area contributed by atoms with Crippen molar-refractivity contribution in [2.24, 2.45) is 11.7 Å². The van der Waals surface area contributed by atoms with E-state index in [0.717, 1.165) is 0 Å². The number of hydrogen-bond donors (Lipinski definition) is 9. The molecule has 0 spiro atoms. The fourth-order valence-corrected chi connectivity index (χ4v) is 3.26. The third-order valence-electron chi connectivity index (χ3n) is 5.23. The molecule has 0 fully saturated rings. The predicted octanol–water partition coefficient (Wildman–Crippen LogP) is -2.76.